The van der Waals surface area contributed by atoms with Gasteiger partial charge in [0.2, 0.25) is 5.91 Å². The highest BCUT2D eigenvalue weighted by Crippen LogP contribution is 2.20. The summed E-state index contributed by atoms with van der Waals surface area (Å²) >= 11 is 0. The van der Waals surface area contributed by atoms with Crippen LogP contribution in [0.1, 0.15) is 36.0 Å². The van der Waals surface area contributed by atoms with E-state index in [4.69, 9.17) is 5.11 Å². The molecular formula is C18H24N2O4. The molecule has 0 saturated carbocycles. The Kier molecular flexibility index (Phi) is 6.35. The number of hydrogen-bond acceptors (Lipinski definition) is 3. The van der Waals surface area contributed by atoms with Crippen LogP contribution < -0.4 is 0 Å². The molecule has 0 aliphatic carbocycles. The highest BCUT2D eigenvalue weighted by molar-refractivity contribution is 5.94. The number of benzene rings is 1. The minimum absolute atomic E-state index is 0.00838. The normalized spacial score (nSPS) is 17.4. The lowest BCUT2D eigenvalue weighted by molar-refractivity contribution is -0.139. The maximum atomic E-state index is 12.5. The van der Waals surface area contributed by atoms with Crippen LogP contribution in [0.4, 0.5) is 0 Å². The lowest BCUT2D eigenvalue weighted by Crippen LogP contribution is -2.46. The van der Waals surface area contributed by atoms with Crippen molar-refractivity contribution in [2.24, 2.45) is 5.92 Å². The van der Waals surface area contributed by atoms with Crippen LogP contribution in [0.2, 0.25) is 0 Å². The minimum Gasteiger partial charge on any atom is -0.481 e. The predicted molar refractivity (Wildman–Crippen MR) is 89.6 cm³/mol. The van der Waals surface area contributed by atoms with E-state index in [1.807, 2.05) is 18.2 Å². The first-order valence-electron chi connectivity index (χ1n) is 8.30. The zero-order chi connectivity index (χ0) is 17.5. The fourth-order valence-corrected chi connectivity index (χ4v) is 3.02. The molecule has 1 saturated heterocycles. The van der Waals surface area contributed by atoms with Crippen molar-refractivity contribution in [1.29, 1.82) is 0 Å². The second-order valence-corrected chi connectivity index (χ2v) is 6.21. The molecule has 1 aromatic carbocycles. The fourth-order valence-electron chi connectivity index (χ4n) is 3.02. The number of carbonyl (C=O) groups is 3. The Bertz CT molecular complexity index is 588. The third kappa shape index (κ3) is 4.81. The van der Waals surface area contributed by atoms with Gasteiger partial charge in [0.25, 0.3) is 5.91 Å². The first-order valence-corrected chi connectivity index (χ1v) is 8.30. The highest BCUT2D eigenvalue weighted by atomic mass is 16.4. The molecule has 1 atom stereocenters. The average molecular weight is 332 g/mol. The lowest BCUT2D eigenvalue weighted by Gasteiger charge is -2.34. The van der Waals surface area contributed by atoms with Crippen LogP contribution in [0, 0.1) is 5.92 Å². The van der Waals surface area contributed by atoms with E-state index in [-0.39, 0.29) is 24.2 Å². The van der Waals surface area contributed by atoms with Gasteiger partial charge in [0.15, 0.2) is 0 Å². The molecule has 0 radical (unpaired) electrons. The summed E-state index contributed by atoms with van der Waals surface area (Å²) in [6.07, 6.45) is 2.07. The Morgan fingerprint density at radius 3 is 2.62 bits per heavy atom. The van der Waals surface area contributed by atoms with E-state index in [1.165, 1.54) is 0 Å². The SMILES string of the molecule is CN(CCCC(=O)O)C(=O)C1CCCN(C(=O)c2ccccc2)C1. The number of carbonyl (C=O) groups excluding carboxylic acids is 2. The van der Waals surface area contributed by atoms with Gasteiger partial charge < -0.3 is 14.9 Å². The van der Waals surface area contributed by atoms with Crippen LogP contribution in [-0.2, 0) is 9.59 Å². The van der Waals surface area contributed by atoms with E-state index in [0.717, 1.165) is 12.8 Å². The molecule has 1 fully saturated rings. The van der Waals surface area contributed by atoms with Crippen molar-refractivity contribution in [3.05, 3.63) is 35.9 Å². The molecule has 0 bridgehead atoms. The molecule has 1 aliphatic heterocycles. The number of hydrogen-bond donors (Lipinski definition) is 1. The Hall–Kier alpha value is -2.37. The van der Waals surface area contributed by atoms with Gasteiger partial charge in [-0.05, 0) is 31.4 Å². The van der Waals surface area contributed by atoms with Gasteiger partial charge >= 0.3 is 5.97 Å². The molecule has 1 unspecified atom stereocenters. The van der Waals surface area contributed by atoms with E-state index in [2.05, 4.69) is 0 Å². The van der Waals surface area contributed by atoms with Crippen LogP contribution in [0.3, 0.4) is 0 Å². The summed E-state index contributed by atoms with van der Waals surface area (Å²) < 4.78 is 0. The van der Waals surface area contributed by atoms with Crippen molar-refractivity contribution in [3.63, 3.8) is 0 Å². The zero-order valence-electron chi connectivity index (χ0n) is 14.0. The molecule has 0 spiro atoms. The number of amides is 2. The minimum atomic E-state index is -0.854. The maximum absolute atomic E-state index is 12.5. The van der Waals surface area contributed by atoms with Crippen LogP contribution in [0.25, 0.3) is 0 Å². The van der Waals surface area contributed by atoms with E-state index in [9.17, 15) is 14.4 Å². The van der Waals surface area contributed by atoms with Crippen molar-refractivity contribution in [1.82, 2.24) is 9.80 Å². The molecule has 1 heterocycles. The predicted octanol–water partition coefficient (Wildman–Crippen LogP) is 1.86. The molecule has 6 nitrogen and oxygen atoms in total. The molecule has 24 heavy (non-hydrogen) atoms. The molecule has 1 aromatic rings. The number of rotatable bonds is 6. The van der Waals surface area contributed by atoms with Crippen molar-refractivity contribution in [3.8, 4) is 0 Å². The Balaban J connectivity index is 1.91. The van der Waals surface area contributed by atoms with Gasteiger partial charge in [-0.1, -0.05) is 18.2 Å². The molecule has 0 aromatic heterocycles. The van der Waals surface area contributed by atoms with Gasteiger partial charge in [-0.25, -0.2) is 0 Å². The van der Waals surface area contributed by atoms with E-state index in [0.29, 0.717) is 31.6 Å². The number of likely N-dealkylation sites (tertiary alicyclic amines) is 1. The number of nitrogens with zero attached hydrogens (tertiary/aromatic N) is 2. The van der Waals surface area contributed by atoms with Crippen LogP contribution in [-0.4, -0.2) is 59.4 Å². The van der Waals surface area contributed by atoms with Gasteiger partial charge in [0, 0.05) is 38.7 Å². The molecule has 2 rings (SSSR count). The number of aliphatic carboxylic acids is 1. The second-order valence-electron chi connectivity index (χ2n) is 6.21. The summed E-state index contributed by atoms with van der Waals surface area (Å²) in [4.78, 5) is 38.9. The molecule has 1 N–H and O–H groups in total. The topological polar surface area (TPSA) is 77.9 Å². The largest absolute Gasteiger partial charge is 0.481 e. The molecule has 6 heteroatoms. The highest BCUT2D eigenvalue weighted by Gasteiger charge is 2.30. The van der Waals surface area contributed by atoms with E-state index >= 15 is 0 Å². The van der Waals surface area contributed by atoms with Gasteiger partial charge in [-0.2, -0.15) is 0 Å². The van der Waals surface area contributed by atoms with Gasteiger partial charge in [-0.3, -0.25) is 14.4 Å². The van der Waals surface area contributed by atoms with Gasteiger partial charge in [0.05, 0.1) is 5.92 Å². The second kappa shape index (κ2) is 8.47. The number of carboxylic acid groups (broad SMARTS) is 1. The van der Waals surface area contributed by atoms with Crippen LogP contribution >= 0.6 is 0 Å². The first-order chi connectivity index (χ1) is 11.5. The summed E-state index contributed by atoms with van der Waals surface area (Å²) in [5.41, 5.74) is 0.639. The number of piperidine rings is 1. The summed E-state index contributed by atoms with van der Waals surface area (Å²) in [6.45, 7) is 1.52. The number of carboxylic acids is 1. The molecule has 2 amide bonds. The summed E-state index contributed by atoms with van der Waals surface area (Å²) in [7, 11) is 1.70. The van der Waals surface area contributed by atoms with Crippen molar-refractivity contribution < 1.29 is 19.5 Å². The third-order valence-corrected chi connectivity index (χ3v) is 4.34. The zero-order valence-corrected chi connectivity index (χ0v) is 14.0. The fraction of sp³-hybridized carbons (Fsp3) is 0.500. The Morgan fingerprint density at radius 1 is 1.25 bits per heavy atom. The van der Waals surface area contributed by atoms with Crippen LogP contribution in [0.5, 0.6) is 0 Å². The first kappa shape index (κ1) is 18.0. The maximum Gasteiger partial charge on any atom is 0.303 e. The summed E-state index contributed by atoms with van der Waals surface area (Å²) in [5, 5.41) is 8.67. The molecule has 130 valence electrons. The Morgan fingerprint density at radius 2 is 1.96 bits per heavy atom. The van der Waals surface area contributed by atoms with Gasteiger partial charge in [0.1, 0.15) is 0 Å². The standard InChI is InChI=1S/C18H24N2O4/c1-19(11-6-10-16(21)22)17(23)15-9-5-12-20(13-15)18(24)14-7-3-2-4-8-14/h2-4,7-8,15H,5-6,9-13H2,1H3,(H,21,22). The van der Waals surface area contributed by atoms with E-state index < -0.39 is 5.97 Å². The summed E-state index contributed by atoms with van der Waals surface area (Å²) in [6, 6.07) is 9.09. The Labute approximate surface area is 142 Å². The van der Waals surface area contributed by atoms with E-state index in [1.54, 1.807) is 29.0 Å². The smallest absolute Gasteiger partial charge is 0.303 e. The van der Waals surface area contributed by atoms with Crippen LogP contribution in [0.15, 0.2) is 30.3 Å². The summed E-state index contributed by atoms with van der Waals surface area (Å²) in [5.74, 6) is -1.11. The van der Waals surface area contributed by atoms with Crippen molar-refractivity contribution in [2.45, 2.75) is 25.7 Å². The van der Waals surface area contributed by atoms with Crippen molar-refractivity contribution >= 4 is 17.8 Å². The monoisotopic (exact) mass is 332 g/mol. The molecular weight excluding hydrogens is 308 g/mol. The lowest BCUT2D eigenvalue weighted by atomic mass is 9.96. The third-order valence-electron chi connectivity index (χ3n) is 4.34. The molecule has 1 aliphatic rings. The average Bonchev–Trinajstić information content (AvgIpc) is 2.61. The van der Waals surface area contributed by atoms with Gasteiger partial charge in [-0.15, -0.1) is 0 Å². The van der Waals surface area contributed by atoms with Crippen molar-refractivity contribution in [2.75, 3.05) is 26.7 Å². The quantitative estimate of drug-likeness (QED) is 0.862.